The van der Waals surface area contributed by atoms with Gasteiger partial charge in [0.1, 0.15) is 17.6 Å². The second-order valence-electron chi connectivity index (χ2n) is 9.72. The fourth-order valence-corrected chi connectivity index (χ4v) is 6.63. The van der Waals surface area contributed by atoms with E-state index in [0.29, 0.717) is 11.8 Å². The standard InChI is InChI=1S/C21H28O3.C6H6OS/c1-13(22)24-20-9-8-19-18-6-4-14-12-15(23-3)5-7-16(14)17(18)10-11-21(19,20)2;7-5-1-3-6(8)4-2-5/h5,7,12,17-20H,4,6,8-11H2,1-3H3;1-4,7-8H. The minimum atomic E-state index is -0.120. The lowest BCUT2D eigenvalue weighted by molar-refractivity contribution is -0.154. The van der Waals surface area contributed by atoms with E-state index < -0.39 is 0 Å². The summed E-state index contributed by atoms with van der Waals surface area (Å²) >= 11 is 4.02. The SMILES string of the molecule is COc1ccc2c(c1)CCC1C2CCC2(C)C(OC(C)=O)CCC12.Oc1ccc(S)cc1. The first-order valence-corrected chi connectivity index (χ1v) is 12.1. The first-order valence-electron chi connectivity index (χ1n) is 11.6. The van der Waals surface area contributed by atoms with Gasteiger partial charge in [-0.2, -0.15) is 0 Å². The number of aromatic hydroxyl groups is 1. The Kier molecular flexibility index (Phi) is 6.75. The molecule has 4 nitrogen and oxygen atoms in total. The van der Waals surface area contributed by atoms with Gasteiger partial charge in [-0.1, -0.05) is 13.0 Å². The Balaban J connectivity index is 0.000000260. The number of aryl methyl sites for hydroxylation is 1. The van der Waals surface area contributed by atoms with Crippen LogP contribution in [-0.4, -0.2) is 24.3 Å². The molecule has 0 radical (unpaired) electrons. The number of hydrogen-bond donors (Lipinski definition) is 2. The van der Waals surface area contributed by atoms with E-state index >= 15 is 0 Å². The third-order valence-electron chi connectivity index (χ3n) is 8.00. The predicted octanol–water partition coefficient (Wildman–Crippen LogP) is 6.16. The van der Waals surface area contributed by atoms with E-state index in [-0.39, 0.29) is 23.2 Å². The molecule has 2 saturated carbocycles. The largest absolute Gasteiger partial charge is 0.508 e. The summed E-state index contributed by atoms with van der Waals surface area (Å²) in [6.07, 6.45) is 7.17. The zero-order valence-electron chi connectivity index (χ0n) is 19.2. The lowest BCUT2D eigenvalue weighted by Gasteiger charge is -2.50. The number of carbonyl (C=O) groups is 1. The highest BCUT2D eigenvalue weighted by atomic mass is 32.1. The molecule has 5 heteroatoms. The summed E-state index contributed by atoms with van der Waals surface area (Å²) in [6.45, 7) is 3.92. The monoisotopic (exact) mass is 454 g/mol. The highest BCUT2D eigenvalue weighted by molar-refractivity contribution is 7.80. The molecule has 0 spiro atoms. The zero-order chi connectivity index (χ0) is 22.9. The van der Waals surface area contributed by atoms with Crippen LogP contribution in [0.4, 0.5) is 0 Å². The van der Waals surface area contributed by atoms with Crippen molar-refractivity contribution in [3.8, 4) is 11.5 Å². The Morgan fingerprint density at radius 3 is 2.50 bits per heavy atom. The second kappa shape index (κ2) is 9.38. The van der Waals surface area contributed by atoms with Gasteiger partial charge >= 0.3 is 5.97 Å². The van der Waals surface area contributed by atoms with Gasteiger partial charge in [0.15, 0.2) is 0 Å². The molecule has 1 N–H and O–H groups in total. The fraction of sp³-hybridized carbons (Fsp3) is 0.519. The third-order valence-corrected chi connectivity index (χ3v) is 8.30. The molecule has 5 unspecified atom stereocenters. The lowest BCUT2D eigenvalue weighted by Crippen LogP contribution is -2.45. The number of rotatable bonds is 2. The Labute approximate surface area is 196 Å². The molecule has 2 aromatic carbocycles. The van der Waals surface area contributed by atoms with Crippen LogP contribution < -0.4 is 4.74 Å². The van der Waals surface area contributed by atoms with E-state index in [1.807, 2.05) is 0 Å². The van der Waals surface area contributed by atoms with Crippen molar-refractivity contribution >= 4 is 18.6 Å². The molecule has 32 heavy (non-hydrogen) atoms. The summed E-state index contributed by atoms with van der Waals surface area (Å²) in [5.74, 6) is 3.24. The molecule has 0 heterocycles. The molecule has 3 aliphatic carbocycles. The van der Waals surface area contributed by atoms with Crippen molar-refractivity contribution in [2.45, 2.75) is 69.3 Å². The Bertz CT molecular complexity index is 936. The first kappa shape index (κ1) is 23.0. The number of benzene rings is 2. The minimum Gasteiger partial charge on any atom is -0.508 e. The average molecular weight is 455 g/mol. The van der Waals surface area contributed by atoms with E-state index in [1.54, 1.807) is 43.9 Å². The normalized spacial score (nSPS) is 30.1. The van der Waals surface area contributed by atoms with Crippen molar-refractivity contribution in [3.63, 3.8) is 0 Å². The number of ether oxygens (including phenoxy) is 2. The van der Waals surface area contributed by atoms with Crippen LogP contribution in [0.25, 0.3) is 0 Å². The summed E-state index contributed by atoms with van der Waals surface area (Å²) in [4.78, 5) is 12.4. The highest BCUT2D eigenvalue weighted by Gasteiger charge is 2.56. The third kappa shape index (κ3) is 4.50. The van der Waals surface area contributed by atoms with Gasteiger partial charge < -0.3 is 14.6 Å². The number of methoxy groups -OCH3 is 1. The number of carbonyl (C=O) groups excluding carboxylic acids is 1. The molecule has 5 rings (SSSR count). The molecule has 0 aromatic heterocycles. The smallest absolute Gasteiger partial charge is 0.302 e. The van der Waals surface area contributed by atoms with Crippen molar-refractivity contribution in [3.05, 3.63) is 53.6 Å². The van der Waals surface area contributed by atoms with Crippen LogP contribution in [0.1, 0.15) is 63.0 Å². The second-order valence-corrected chi connectivity index (χ2v) is 10.2. The van der Waals surface area contributed by atoms with Crippen molar-refractivity contribution < 1.29 is 19.4 Å². The Morgan fingerprint density at radius 2 is 1.84 bits per heavy atom. The molecule has 3 aliphatic rings. The molecule has 0 saturated heterocycles. The van der Waals surface area contributed by atoms with Crippen molar-refractivity contribution in [1.29, 1.82) is 0 Å². The quantitative estimate of drug-likeness (QED) is 0.421. The van der Waals surface area contributed by atoms with Gasteiger partial charge in [-0.3, -0.25) is 4.79 Å². The Hall–Kier alpha value is -2.14. The number of phenolic OH excluding ortho intramolecular Hbond substituents is 1. The van der Waals surface area contributed by atoms with Gasteiger partial charge in [-0.15, -0.1) is 12.6 Å². The number of fused-ring (bicyclic) bond motifs is 5. The fourth-order valence-electron chi connectivity index (χ4n) is 6.48. The molecule has 5 atom stereocenters. The van der Waals surface area contributed by atoms with Crippen molar-refractivity contribution in [1.82, 2.24) is 0 Å². The number of phenols is 1. The Morgan fingerprint density at radius 1 is 1.09 bits per heavy atom. The molecular weight excluding hydrogens is 420 g/mol. The van der Waals surface area contributed by atoms with Crippen LogP contribution in [0, 0.1) is 17.3 Å². The van der Waals surface area contributed by atoms with E-state index in [2.05, 4.69) is 37.8 Å². The predicted molar refractivity (Wildman–Crippen MR) is 129 cm³/mol. The maximum absolute atomic E-state index is 11.5. The lowest BCUT2D eigenvalue weighted by atomic mass is 9.55. The molecule has 2 fully saturated rings. The van der Waals surface area contributed by atoms with Crippen LogP contribution in [0.2, 0.25) is 0 Å². The molecule has 0 aliphatic heterocycles. The van der Waals surface area contributed by atoms with Gasteiger partial charge in [-0.25, -0.2) is 0 Å². The van der Waals surface area contributed by atoms with Gasteiger partial charge in [0, 0.05) is 17.2 Å². The van der Waals surface area contributed by atoms with E-state index in [0.717, 1.165) is 29.4 Å². The summed E-state index contributed by atoms with van der Waals surface area (Å²) in [5.41, 5.74) is 3.20. The zero-order valence-corrected chi connectivity index (χ0v) is 20.1. The maximum Gasteiger partial charge on any atom is 0.302 e. The van der Waals surface area contributed by atoms with Gasteiger partial charge in [0.2, 0.25) is 0 Å². The maximum atomic E-state index is 11.5. The molecule has 172 valence electrons. The minimum absolute atomic E-state index is 0.120. The summed E-state index contributed by atoms with van der Waals surface area (Å²) in [5, 5.41) is 8.72. The molecule has 2 aromatic rings. The van der Waals surface area contributed by atoms with Crippen molar-refractivity contribution in [2.24, 2.45) is 17.3 Å². The highest BCUT2D eigenvalue weighted by Crippen LogP contribution is 2.61. The number of esters is 1. The summed E-state index contributed by atoms with van der Waals surface area (Å²) in [7, 11) is 1.74. The van der Waals surface area contributed by atoms with Crippen LogP contribution in [0.15, 0.2) is 47.4 Å². The van der Waals surface area contributed by atoms with E-state index in [9.17, 15) is 4.79 Å². The van der Waals surface area contributed by atoms with Gasteiger partial charge in [0.05, 0.1) is 7.11 Å². The average Bonchev–Trinajstić information content (AvgIpc) is 3.11. The van der Waals surface area contributed by atoms with E-state index in [4.69, 9.17) is 14.6 Å². The first-order chi connectivity index (χ1) is 15.3. The van der Waals surface area contributed by atoms with Crippen molar-refractivity contribution in [2.75, 3.05) is 7.11 Å². The van der Waals surface area contributed by atoms with E-state index in [1.165, 1.54) is 31.2 Å². The van der Waals surface area contributed by atoms with Gasteiger partial charge in [0.25, 0.3) is 0 Å². The molecule has 0 amide bonds. The van der Waals surface area contributed by atoms with Crippen LogP contribution in [0.5, 0.6) is 11.5 Å². The summed E-state index contributed by atoms with van der Waals surface area (Å²) < 4.78 is 11.1. The summed E-state index contributed by atoms with van der Waals surface area (Å²) in [6, 6.07) is 13.3. The molecular formula is C27H34O4S. The topological polar surface area (TPSA) is 55.8 Å². The van der Waals surface area contributed by atoms with Crippen LogP contribution in [0.3, 0.4) is 0 Å². The molecule has 0 bridgehead atoms. The van der Waals surface area contributed by atoms with Crippen LogP contribution in [-0.2, 0) is 16.0 Å². The van der Waals surface area contributed by atoms with Crippen LogP contribution >= 0.6 is 12.6 Å². The van der Waals surface area contributed by atoms with Gasteiger partial charge in [-0.05, 0) is 104 Å². The number of thiol groups is 1. The number of hydrogen-bond acceptors (Lipinski definition) is 5.